The first-order valence-electron chi connectivity index (χ1n) is 12.0. The molecule has 0 spiro atoms. The van der Waals surface area contributed by atoms with Crippen LogP contribution in [0.1, 0.15) is 76.1 Å². The fourth-order valence-corrected chi connectivity index (χ4v) is 6.71. The van der Waals surface area contributed by atoms with Gasteiger partial charge in [0, 0.05) is 30.1 Å². The van der Waals surface area contributed by atoms with Gasteiger partial charge in [-0.25, -0.2) is 0 Å². The summed E-state index contributed by atoms with van der Waals surface area (Å²) >= 11 is 0. The van der Waals surface area contributed by atoms with E-state index in [9.17, 15) is 19.2 Å². The molecule has 4 aliphatic rings. The molecule has 33 heavy (non-hydrogen) atoms. The van der Waals surface area contributed by atoms with Crippen molar-refractivity contribution in [1.29, 1.82) is 0 Å². The summed E-state index contributed by atoms with van der Waals surface area (Å²) in [4.78, 5) is 49.5. The zero-order valence-electron chi connectivity index (χ0n) is 19.7. The van der Waals surface area contributed by atoms with Gasteiger partial charge in [0.05, 0.1) is 5.41 Å². The van der Waals surface area contributed by atoms with E-state index in [0.717, 1.165) is 32.1 Å². The lowest BCUT2D eigenvalue weighted by Crippen LogP contribution is -2.64. The second-order valence-corrected chi connectivity index (χ2v) is 10.9. The van der Waals surface area contributed by atoms with Crippen LogP contribution in [0.3, 0.4) is 0 Å². The Kier molecular flexibility index (Phi) is 6.34. The maximum atomic E-state index is 13.2. The van der Waals surface area contributed by atoms with E-state index in [1.165, 1.54) is 6.92 Å². The van der Waals surface area contributed by atoms with Crippen molar-refractivity contribution in [2.24, 2.45) is 23.2 Å². The van der Waals surface area contributed by atoms with Gasteiger partial charge in [-0.15, -0.1) is 0 Å². The SMILES string of the molecule is CC(=O)NC12C[C@H]3C[C@H](C1)CC(C(=O)OCC(=O)c1ccc(NC(=O)CC(C)C)cc1)(C3)C2. The Morgan fingerprint density at radius 2 is 1.67 bits per heavy atom. The molecule has 0 heterocycles. The molecule has 0 saturated heterocycles. The minimum Gasteiger partial charge on any atom is -0.457 e. The van der Waals surface area contributed by atoms with E-state index in [-0.39, 0.29) is 41.6 Å². The van der Waals surface area contributed by atoms with Gasteiger partial charge in [0.15, 0.2) is 12.4 Å². The van der Waals surface area contributed by atoms with Gasteiger partial charge in [-0.1, -0.05) is 13.8 Å². The third kappa shape index (κ3) is 5.12. The van der Waals surface area contributed by atoms with Crippen molar-refractivity contribution in [3.63, 3.8) is 0 Å². The summed E-state index contributed by atoms with van der Waals surface area (Å²) in [6.45, 7) is 5.18. The number of ether oxygens (including phenoxy) is 1. The summed E-state index contributed by atoms with van der Waals surface area (Å²) in [7, 11) is 0. The van der Waals surface area contributed by atoms with Crippen molar-refractivity contribution in [2.75, 3.05) is 11.9 Å². The van der Waals surface area contributed by atoms with E-state index < -0.39 is 5.41 Å². The number of rotatable bonds is 8. The quantitative estimate of drug-likeness (QED) is 0.459. The molecule has 4 aliphatic carbocycles. The van der Waals surface area contributed by atoms with Crippen LogP contribution in [0.4, 0.5) is 5.69 Å². The number of esters is 1. The van der Waals surface area contributed by atoms with Crippen LogP contribution < -0.4 is 10.6 Å². The molecule has 4 saturated carbocycles. The van der Waals surface area contributed by atoms with Crippen LogP contribution in [0, 0.1) is 23.2 Å². The fourth-order valence-electron chi connectivity index (χ4n) is 6.71. The van der Waals surface area contributed by atoms with Crippen LogP contribution in [0.25, 0.3) is 0 Å². The van der Waals surface area contributed by atoms with Crippen LogP contribution in [0.15, 0.2) is 24.3 Å². The second-order valence-electron chi connectivity index (χ2n) is 10.9. The van der Waals surface area contributed by atoms with Gasteiger partial charge in [0.1, 0.15) is 0 Å². The Balaban J connectivity index is 1.35. The molecule has 0 radical (unpaired) electrons. The molecule has 2 atom stereocenters. The highest BCUT2D eigenvalue weighted by Crippen LogP contribution is 2.62. The molecule has 4 fully saturated rings. The number of amides is 2. The number of carbonyl (C=O) groups is 4. The van der Waals surface area contributed by atoms with E-state index in [2.05, 4.69) is 10.6 Å². The van der Waals surface area contributed by atoms with Gasteiger partial charge < -0.3 is 15.4 Å². The number of Topliss-reactive ketones (excluding diaryl/α,β-unsaturated/α-hetero) is 1. The standard InChI is InChI=1S/C26H34N2O5/c1-16(2)8-23(31)27-21-6-4-20(5-7-21)22(30)14-33-24(32)25-10-18-9-19(11-25)13-26(12-18,15-25)28-17(3)29/h4-7,16,18-19H,8-15H2,1-3H3,(H,27,31)(H,28,29)/t18-,19-,25?,26?/m0/s1. The number of hydrogen-bond acceptors (Lipinski definition) is 5. The number of ketones is 1. The number of nitrogens with one attached hydrogen (secondary N) is 2. The van der Waals surface area contributed by atoms with Gasteiger partial charge >= 0.3 is 5.97 Å². The van der Waals surface area contributed by atoms with Crippen LogP contribution in [-0.2, 0) is 19.1 Å². The molecule has 7 nitrogen and oxygen atoms in total. The summed E-state index contributed by atoms with van der Waals surface area (Å²) in [5, 5.41) is 5.96. The number of carbonyl (C=O) groups excluding carboxylic acids is 4. The van der Waals surface area contributed by atoms with Gasteiger partial charge in [-0.3, -0.25) is 19.2 Å². The molecule has 2 amide bonds. The monoisotopic (exact) mass is 454 g/mol. The predicted octanol–water partition coefficient (Wildman–Crippen LogP) is 3.87. The smallest absolute Gasteiger partial charge is 0.312 e. The zero-order chi connectivity index (χ0) is 23.8. The number of hydrogen-bond donors (Lipinski definition) is 2. The number of anilines is 1. The highest BCUT2D eigenvalue weighted by Gasteiger charge is 2.61. The van der Waals surface area contributed by atoms with Gasteiger partial charge in [-0.05, 0) is 80.5 Å². The maximum Gasteiger partial charge on any atom is 0.312 e. The Morgan fingerprint density at radius 1 is 1.03 bits per heavy atom. The number of benzene rings is 1. The lowest BCUT2D eigenvalue weighted by Gasteiger charge is -2.60. The van der Waals surface area contributed by atoms with Crippen LogP contribution >= 0.6 is 0 Å². The van der Waals surface area contributed by atoms with Crippen molar-refractivity contribution in [2.45, 2.75) is 71.3 Å². The first kappa shape index (κ1) is 23.5. The minimum absolute atomic E-state index is 0.0560. The van der Waals surface area contributed by atoms with E-state index in [4.69, 9.17) is 4.74 Å². The molecule has 0 aromatic heterocycles. The maximum absolute atomic E-state index is 13.2. The van der Waals surface area contributed by atoms with Crippen LogP contribution in [-0.4, -0.2) is 35.7 Å². The molecular weight excluding hydrogens is 420 g/mol. The molecule has 7 heteroatoms. The summed E-state index contributed by atoms with van der Waals surface area (Å²) in [5.41, 5.74) is 0.155. The molecule has 0 unspecified atom stereocenters. The summed E-state index contributed by atoms with van der Waals surface area (Å²) in [5.74, 6) is 0.397. The summed E-state index contributed by atoms with van der Waals surface area (Å²) in [6, 6.07) is 6.64. The van der Waals surface area contributed by atoms with Gasteiger partial charge in [-0.2, -0.15) is 0 Å². The zero-order valence-corrected chi connectivity index (χ0v) is 19.7. The van der Waals surface area contributed by atoms with Crippen LogP contribution in [0.5, 0.6) is 0 Å². The Morgan fingerprint density at radius 3 is 2.24 bits per heavy atom. The lowest BCUT2D eigenvalue weighted by atomic mass is 9.47. The molecule has 4 bridgehead atoms. The van der Waals surface area contributed by atoms with Gasteiger partial charge in [0.2, 0.25) is 11.8 Å². The van der Waals surface area contributed by atoms with Crippen LogP contribution in [0.2, 0.25) is 0 Å². The topological polar surface area (TPSA) is 102 Å². The third-order valence-corrected chi connectivity index (χ3v) is 7.35. The van der Waals surface area contributed by atoms with Gasteiger partial charge in [0.25, 0.3) is 0 Å². The van der Waals surface area contributed by atoms with Crippen molar-refractivity contribution < 1.29 is 23.9 Å². The third-order valence-electron chi connectivity index (χ3n) is 7.35. The Labute approximate surface area is 195 Å². The molecule has 0 aliphatic heterocycles. The van der Waals surface area contributed by atoms with Crippen molar-refractivity contribution in [3.05, 3.63) is 29.8 Å². The first-order chi connectivity index (χ1) is 15.6. The average molecular weight is 455 g/mol. The largest absolute Gasteiger partial charge is 0.457 e. The predicted molar refractivity (Wildman–Crippen MR) is 123 cm³/mol. The van der Waals surface area contributed by atoms with Crippen molar-refractivity contribution in [1.82, 2.24) is 5.32 Å². The van der Waals surface area contributed by atoms with E-state index in [0.29, 0.717) is 35.9 Å². The average Bonchev–Trinajstić information content (AvgIpc) is 2.69. The van der Waals surface area contributed by atoms with Crippen molar-refractivity contribution in [3.8, 4) is 0 Å². The molecule has 2 N–H and O–H groups in total. The highest BCUT2D eigenvalue weighted by atomic mass is 16.5. The van der Waals surface area contributed by atoms with E-state index in [1.807, 2.05) is 13.8 Å². The fraction of sp³-hybridized carbons (Fsp3) is 0.615. The second kappa shape index (κ2) is 8.92. The minimum atomic E-state index is -0.600. The van der Waals surface area contributed by atoms with Crippen molar-refractivity contribution >= 4 is 29.3 Å². The Hall–Kier alpha value is -2.70. The first-order valence-corrected chi connectivity index (χ1v) is 12.0. The lowest BCUT2D eigenvalue weighted by molar-refractivity contribution is -0.174. The molecule has 178 valence electrons. The highest BCUT2D eigenvalue weighted by molar-refractivity contribution is 5.99. The van der Waals surface area contributed by atoms with E-state index in [1.54, 1.807) is 24.3 Å². The molecule has 1 aromatic rings. The molecular formula is C26H34N2O5. The summed E-state index contributed by atoms with van der Waals surface area (Å²) < 4.78 is 5.56. The Bertz CT molecular complexity index is 938. The normalized spacial score (nSPS) is 29.6. The summed E-state index contributed by atoms with van der Waals surface area (Å²) in [6.07, 6.45) is 5.56. The molecule has 5 rings (SSSR count). The van der Waals surface area contributed by atoms with E-state index >= 15 is 0 Å². The molecule has 1 aromatic carbocycles.